The summed E-state index contributed by atoms with van der Waals surface area (Å²) in [7, 11) is 1.56. The van der Waals surface area contributed by atoms with Gasteiger partial charge in [0.15, 0.2) is 0 Å². The van der Waals surface area contributed by atoms with Gasteiger partial charge in [-0.2, -0.15) is 0 Å². The van der Waals surface area contributed by atoms with Gasteiger partial charge in [-0.3, -0.25) is 9.59 Å². The predicted molar refractivity (Wildman–Crippen MR) is 102 cm³/mol. The summed E-state index contributed by atoms with van der Waals surface area (Å²) in [4.78, 5) is 26.4. The smallest absolute Gasteiger partial charge is 0.244 e. The third-order valence-electron chi connectivity index (χ3n) is 4.08. The molecule has 0 aliphatic carbocycles. The van der Waals surface area contributed by atoms with E-state index in [1.165, 1.54) is 4.90 Å². The Morgan fingerprint density at radius 1 is 1.19 bits per heavy atom. The molecule has 0 heterocycles. The van der Waals surface area contributed by atoms with Gasteiger partial charge >= 0.3 is 0 Å². The molecule has 0 aliphatic heterocycles. The molecular formula is C20H25N3O3. The van der Waals surface area contributed by atoms with Gasteiger partial charge in [0, 0.05) is 18.3 Å². The molecule has 6 heteroatoms. The van der Waals surface area contributed by atoms with Gasteiger partial charge in [0.1, 0.15) is 11.8 Å². The van der Waals surface area contributed by atoms with Crippen LogP contribution < -0.4 is 15.8 Å². The van der Waals surface area contributed by atoms with E-state index in [-0.39, 0.29) is 18.4 Å². The predicted octanol–water partition coefficient (Wildman–Crippen LogP) is 2.49. The maximum Gasteiger partial charge on any atom is 0.244 e. The highest BCUT2D eigenvalue weighted by molar-refractivity contribution is 5.95. The first-order valence-electron chi connectivity index (χ1n) is 8.49. The molecule has 2 rings (SSSR count). The van der Waals surface area contributed by atoms with Crippen LogP contribution in [-0.2, 0) is 9.59 Å². The van der Waals surface area contributed by atoms with Crippen LogP contribution in [-0.4, -0.2) is 36.9 Å². The number of nitrogens with zero attached hydrogens (tertiary/aromatic N) is 1. The molecule has 0 aromatic heterocycles. The van der Waals surface area contributed by atoms with Gasteiger partial charge in [-0.05, 0) is 31.5 Å². The largest absolute Gasteiger partial charge is 0.497 e. The molecule has 0 radical (unpaired) electrons. The molecule has 0 saturated heterocycles. The number of hydrogen-bond donors (Lipinski definition) is 2. The fraction of sp³-hybridized carbons (Fsp3) is 0.300. The van der Waals surface area contributed by atoms with E-state index >= 15 is 0 Å². The standard InChI is InChI=1S/C20H25N3O3/c1-4-23(20(25)19(21)15-10-8-14(2)9-11-15)13-18(24)22-16-6-5-7-17(12-16)26-3/h5-12,19H,4,13,21H2,1-3H3,(H,22,24). The summed E-state index contributed by atoms with van der Waals surface area (Å²) in [5.74, 6) is 0.0781. The molecule has 0 saturated carbocycles. The number of carbonyl (C=O) groups excluding carboxylic acids is 2. The van der Waals surface area contributed by atoms with Gasteiger partial charge < -0.3 is 20.7 Å². The minimum absolute atomic E-state index is 0.0634. The Morgan fingerprint density at radius 2 is 1.88 bits per heavy atom. The van der Waals surface area contributed by atoms with E-state index in [1.54, 1.807) is 31.4 Å². The number of anilines is 1. The van der Waals surface area contributed by atoms with Gasteiger partial charge in [-0.25, -0.2) is 0 Å². The number of benzene rings is 2. The minimum Gasteiger partial charge on any atom is -0.497 e. The van der Waals surface area contributed by atoms with E-state index in [0.717, 1.165) is 11.1 Å². The molecule has 2 aromatic rings. The van der Waals surface area contributed by atoms with Crippen LogP contribution in [0.3, 0.4) is 0 Å². The Balaban J connectivity index is 2.01. The number of carbonyl (C=O) groups is 2. The van der Waals surface area contributed by atoms with E-state index in [9.17, 15) is 9.59 Å². The molecule has 0 bridgehead atoms. The highest BCUT2D eigenvalue weighted by atomic mass is 16.5. The summed E-state index contributed by atoms with van der Waals surface area (Å²) in [5.41, 5.74) is 8.53. The van der Waals surface area contributed by atoms with Crippen LogP contribution in [0.1, 0.15) is 24.1 Å². The van der Waals surface area contributed by atoms with Crippen LogP contribution in [0.2, 0.25) is 0 Å². The van der Waals surface area contributed by atoms with Crippen molar-refractivity contribution in [2.75, 3.05) is 25.5 Å². The third-order valence-corrected chi connectivity index (χ3v) is 4.08. The van der Waals surface area contributed by atoms with E-state index < -0.39 is 6.04 Å². The van der Waals surface area contributed by atoms with Crippen LogP contribution >= 0.6 is 0 Å². The topological polar surface area (TPSA) is 84.7 Å². The molecule has 6 nitrogen and oxygen atoms in total. The van der Waals surface area contributed by atoms with E-state index in [2.05, 4.69) is 5.32 Å². The first-order valence-corrected chi connectivity index (χ1v) is 8.49. The number of methoxy groups -OCH3 is 1. The molecule has 0 spiro atoms. The summed E-state index contributed by atoms with van der Waals surface area (Å²) in [5, 5.41) is 2.77. The van der Waals surface area contributed by atoms with Gasteiger partial charge in [-0.1, -0.05) is 35.9 Å². The number of nitrogens with one attached hydrogen (secondary N) is 1. The van der Waals surface area contributed by atoms with Crippen LogP contribution in [0.25, 0.3) is 0 Å². The van der Waals surface area contributed by atoms with E-state index in [0.29, 0.717) is 18.0 Å². The lowest BCUT2D eigenvalue weighted by atomic mass is 10.0. The maximum atomic E-state index is 12.6. The second-order valence-corrected chi connectivity index (χ2v) is 6.02. The van der Waals surface area contributed by atoms with Crippen molar-refractivity contribution >= 4 is 17.5 Å². The summed E-state index contributed by atoms with van der Waals surface area (Å²) >= 11 is 0. The van der Waals surface area contributed by atoms with Gasteiger partial charge in [0.25, 0.3) is 0 Å². The minimum atomic E-state index is -0.792. The average Bonchev–Trinajstić information content (AvgIpc) is 2.65. The molecular weight excluding hydrogens is 330 g/mol. The third kappa shape index (κ3) is 5.07. The lowest BCUT2D eigenvalue weighted by Gasteiger charge is -2.24. The summed E-state index contributed by atoms with van der Waals surface area (Å²) < 4.78 is 5.13. The highest BCUT2D eigenvalue weighted by Gasteiger charge is 2.23. The summed E-state index contributed by atoms with van der Waals surface area (Å²) in [6.45, 7) is 4.12. The van der Waals surface area contributed by atoms with Crippen molar-refractivity contribution in [3.63, 3.8) is 0 Å². The molecule has 1 atom stereocenters. The summed E-state index contributed by atoms with van der Waals surface area (Å²) in [6, 6.07) is 13.8. The zero-order chi connectivity index (χ0) is 19.1. The fourth-order valence-corrected chi connectivity index (χ4v) is 2.53. The number of aryl methyl sites for hydroxylation is 1. The van der Waals surface area contributed by atoms with Crippen molar-refractivity contribution in [1.29, 1.82) is 0 Å². The molecule has 2 amide bonds. The number of rotatable bonds is 7. The second-order valence-electron chi connectivity index (χ2n) is 6.02. The molecule has 1 unspecified atom stereocenters. The first kappa shape index (κ1) is 19.5. The average molecular weight is 355 g/mol. The SMILES string of the molecule is CCN(CC(=O)Nc1cccc(OC)c1)C(=O)C(N)c1ccc(C)cc1. The molecule has 0 fully saturated rings. The number of nitrogens with two attached hydrogens (primary N) is 1. The Labute approximate surface area is 153 Å². The Bertz CT molecular complexity index is 759. The van der Waals surface area contributed by atoms with Gasteiger partial charge in [0.05, 0.1) is 13.7 Å². The van der Waals surface area contributed by atoms with Crippen molar-refractivity contribution in [3.05, 3.63) is 59.7 Å². The van der Waals surface area contributed by atoms with E-state index in [1.807, 2.05) is 38.1 Å². The van der Waals surface area contributed by atoms with Crippen molar-refractivity contribution in [2.24, 2.45) is 5.73 Å². The van der Waals surface area contributed by atoms with Gasteiger partial charge in [0.2, 0.25) is 11.8 Å². The normalized spacial score (nSPS) is 11.5. The molecule has 2 aromatic carbocycles. The maximum absolute atomic E-state index is 12.6. The Hall–Kier alpha value is -2.86. The molecule has 26 heavy (non-hydrogen) atoms. The highest BCUT2D eigenvalue weighted by Crippen LogP contribution is 2.17. The molecule has 138 valence electrons. The Kier molecular flexibility index (Phi) is 6.74. The van der Waals surface area contributed by atoms with Gasteiger partial charge in [-0.15, -0.1) is 0 Å². The van der Waals surface area contributed by atoms with Crippen LogP contribution in [0.15, 0.2) is 48.5 Å². The van der Waals surface area contributed by atoms with Crippen molar-refractivity contribution in [2.45, 2.75) is 19.9 Å². The lowest BCUT2D eigenvalue weighted by molar-refractivity contribution is -0.135. The number of likely N-dealkylation sites (N-methyl/N-ethyl adjacent to an activating group) is 1. The van der Waals surface area contributed by atoms with Crippen LogP contribution in [0.5, 0.6) is 5.75 Å². The van der Waals surface area contributed by atoms with Crippen LogP contribution in [0, 0.1) is 6.92 Å². The number of hydrogen-bond acceptors (Lipinski definition) is 4. The lowest BCUT2D eigenvalue weighted by Crippen LogP contribution is -2.42. The van der Waals surface area contributed by atoms with E-state index in [4.69, 9.17) is 10.5 Å². The molecule has 0 aliphatic rings. The summed E-state index contributed by atoms with van der Waals surface area (Å²) in [6.07, 6.45) is 0. The quantitative estimate of drug-likeness (QED) is 0.799. The number of ether oxygens (including phenoxy) is 1. The second kappa shape index (κ2) is 9.01. The van der Waals surface area contributed by atoms with Crippen molar-refractivity contribution in [3.8, 4) is 5.75 Å². The monoisotopic (exact) mass is 355 g/mol. The van der Waals surface area contributed by atoms with Crippen molar-refractivity contribution in [1.82, 2.24) is 4.90 Å². The van der Waals surface area contributed by atoms with Crippen LogP contribution in [0.4, 0.5) is 5.69 Å². The number of amides is 2. The Morgan fingerprint density at radius 3 is 2.50 bits per heavy atom. The zero-order valence-corrected chi connectivity index (χ0v) is 15.4. The van der Waals surface area contributed by atoms with Crippen molar-refractivity contribution < 1.29 is 14.3 Å². The zero-order valence-electron chi connectivity index (χ0n) is 15.4. The fourth-order valence-electron chi connectivity index (χ4n) is 2.53. The molecule has 3 N–H and O–H groups in total. The first-order chi connectivity index (χ1) is 12.4.